The lowest BCUT2D eigenvalue weighted by Gasteiger charge is -2.29. The van der Waals surface area contributed by atoms with Crippen LogP contribution in [0.4, 0.5) is 5.95 Å². The van der Waals surface area contributed by atoms with Crippen LogP contribution in [-0.4, -0.2) is 16.5 Å². The molecule has 0 aliphatic carbocycles. The monoisotopic (exact) mass is 269 g/mol. The van der Waals surface area contributed by atoms with E-state index in [4.69, 9.17) is 0 Å². The molecule has 1 aromatic carbocycles. The van der Waals surface area contributed by atoms with Crippen LogP contribution in [0.25, 0.3) is 0 Å². The van der Waals surface area contributed by atoms with Gasteiger partial charge in [-0.2, -0.15) is 0 Å². The van der Waals surface area contributed by atoms with Gasteiger partial charge in [0.05, 0.1) is 5.69 Å². The number of benzene rings is 1. The van der Waals surface area contributed by atoms with Crippen LogP contribution in [0.3, 0.4) is 0 Å². The molecule has 1 aromatic heterocycles. The summed E-state index contributed by atoms with van der Waals surface area (Å²) in [6.07, 6.45) is 0.992. The van der Waals surface area contributed by atoms with Gasteiger partial charge >= 0.3 is 0 Å². The summed E-state index contributed by atoms with van der Waals surface area (Å²) in [5, 5.41) is 0. The van der Waals surface area contributed by atoms with Crippen LogP contribution >= 0.6 is 0 Å². The molecule has 4 heteroatoms. The molecule has 1 aliphatic heterocycles. The zero-order valence-corrected chi connectivity index (χ0v) is 11.9. The van der Waals surface area contributed by atoms with Gasteiger partial charge < -0.3 is 4.90 Å². The fraction of sp³-hybridized carbons (Fsp3) is 0.375. The second kappa shape index (κ2) is 5.12. The Morgan fingerprint density at radius 3 is 2.75 bits per heavy atom. The number of fused-ring (bicyclic) bond motifs is 1. The summed E-state index contributed by atoms with van der Waals surface area (Å²) >= 11 is 0. The Balaban J connectivity index is 1.93. The van der Waals surface area contributed by atoms with Crippen LogP contribution in [-0.2, 0) is 13.0 Å². The van der Waals surface area contributed by atoms with E-state index in [-0.39, 0.29) is 11.5 Å². The molecule has 4 nitrogen and oxygen atoms in total. The minimum atomic E-state index is -0.0717. The van der Waals surface area contributed by atoms with E-state index in [0.717, 1.165) is 25.2 Å². The van der Waals surface area contributed by atoms with Gasteiger partial charge in [0.1, 0.15) is 0 Å². The Bertz CT molecular complexity index is 675. The van der Waals surface area contributed by atoms with Crippen molar-refractivity contribution < 1.29 is 0 Å². The second-order valence-electron chi connectivity index (χ2n) is 5.59. The lowest BCUT2D eigenvalue weighted by molar-refractivity contribution is 0.694. The van der Waals surface area contributed by atoms with E-state index in [2.05, 4.69) is 53.0 Å². The molecule has 3 rings (SSSR count). The Morgan fingerprint density at radius 2 is 2.00 bits per heavy atom. The topological polar surface area (TPSA) is 49.0 Å². The number of anilines is 1. The molecule has 0 saturated carbocycles. The van der Waals surface area contributed by atoms with Crippen molar-refractivity contribution in [3.63, 3.8) is 0 Å². The number of nitrogens with one attached hydrogen (secondary N) is 1. The van der Waals surface area contributed by atoms with E-state index >= 15 is 0 Å². The summed E-state index contributed by atoms with van der Waals surface area (Å²) < 4.78 is 0. The molecule has 0 radical (unpaired) electrons. The third-order valence-electron chi connectivity index (χ3n) is 3.77. The van der Waals surface area contributed by atoms with E-state index in [1.54, 1.807) is 6.07 Å². The maximum absolute atomic E-state index is 11.8. The molecule has 1 N–H and O–H groups in total. The first-order chi connectivity index (χ1) is 9.63. The van der Waals surface area contributed by atoms with Crippen molar-refractivity contribution in [2.45, 2.75) is 32.7 Å². The second-order valence-corrected chi connectivity index (χ2v) is 5.59. The molecule has 0 saturated heterocycles. The van der Waals surface area contributed by atoms with E-state index in [9.17, 15) is 4.79 Å². The van der Waals surface area contributed by atoms with Gasteiger partial charge in [-0.25, -0.2) is 4.98 Å². The highest BCUT2D eigenvalue weighted by Gasteiger charge is 2.18. The van der Waals surface area contributed by atoms with Crippen molar-refractivity contribution in [1.29, 1.82) is 0 Å². The van der Waals surface area contributed by atoms with Crippen molar-refractivity contribution >= 4 is 5.95 Å². The molecule has 0 unspecified atom stereocenters. The van der Waals surface area contributed by atoms with Gasteiger partial charge in [0.15, 0.2) is 0 Å². The summed E-state index contributed by atoms with van der Waals surface area (Å²) in [5.74, 6) is 0.948. The van der Waals surface area contributed by atoms with Crippen LogP contribution in [0, 0.1) is 0 Å². The maximum Gasteiger partial charge on any atom is 0.252 e. The predicted octanol–water partition coefficient (Wildman–Crippen LogP) is 2.46. The van der Waals surface area contributed by atoms with Gasteiger partial charge in [0.25, 0.3) is 5.56 Å². The fourth-order valence-electron chi connectivity index (χ4n) is 2.59. The summed E-state index contributed by atoms with van der Waals surface area (Å²) in [4.78, 5) is 21.4. The first-order valence-corrected chi connectivity index (χ1v) is 7.06. The maximum atomic E-state index is 11.8. The summed E-state index contributed by atoms with van der Waals surface area (Å²) in [7, 11) is 0. The molecule has 104 valence electrons. The Kier molecular flexibility index (Phi) is 3.30. The number of aromatic nitrogens is 2. The zero-order valence-electron chi connectivity index (χ0n) is 11.9. The van der Waals surface area contributed by atoms with Crippen molar-refractivity contribution in [3.05, 3.63) is 57.5 Å². The van der Waals surface area contributed by atoms with E-state index in [1.807, 2.05) is 0 Å². The van der Waals surface area contributed by atoms with E-state index < -0.39 is 0 Å². The summed E-state index contributed by atoms with van der Waals surface area (Å²) in [5.41, 5.74) is 3.49. The van der Waals surface area contributed by atoms with Gasteiger partial charge in [-0.3, -0.25) is 9.78 Å². The van der Waals surface area contributed by atoms with Crippen LogP contribution < -0.4 is 10.5 Å². The number of H-pyrrole nitrogens is 1. The Hall–Kier alpha value is -2.10. The van der Waals surface area contributed by atoms with Crippen molar-refractivity contribution in [1.82, 2.24) is 9.97 Å². The van der Waals surface area contributed by atoms with Crippen molar-refractivity contribution in [2.24, 2.45) is 0 Å². The SMILES string of the molecule is CC(C)c1cc(=O)[nH]c(N2CCc3ccccc3C2)n1. The first kappa shape index (κ1) is 12.9. The molecular formula is C16H19N3O. The van der Waals surface area contributed by atoms with Gasteiger partial charge in [-0.15, -0.1) is 0 Å². The average molecular weight is 269 g/mol. The lowest BCUT2D eigenvalue weighted by atomic mass is 10.0. The van der Waals surface area contributed by atoms with Gasteiger partial charge in [0, 0.05) is 19.2 Å². The molecule has 2 aromatic rings. The van der Waals surface area contributed by atoms with Gasteiger partial charge in [0.2, 0.25) is 5.95 Å². The molecule has 0 atom stereocenters. The minimum Gasteiger partial charge on any atom is -0.338 e. The first-order valence-electron chi connectivity index (χ1n) is 7.06. The number of rotatable bonds is 2. The summed E-state index contributed by atoms with van der Waals surface area (Å²) in [6.45, 7) is 5.80. The summed E-state index contributed by atoms with van der Waals surface area (Å²) in [6, 6.07) is 10.0. The smallest absolute Gasteiger partial charge is 0.252 e. The van der Waals surface area contributed by atoms with Crippen molar-refractivity contribution in [3.8, 4) is 0 Å². The quantitative estimate of drug-likeness (QED) is 0.911. The van der Waals surface area contributed by atoms with Crippen LogP contribution in [0.5, 0.6) is 0 Å². The highest BCUT2D eigenvalue weighted by atomic mass is 16.1. The van der Waals surface area contributed by atoms with Crippen LogP contribution in [0.2, 0.25) is 0 Å². The van der Waals surface area contributed by atoms with Crippen LogP contribution in [0.1, 0.15) is 36.6 Å². The highest BCUT2D eigenvalue weighted by Crippen LogP contribution is 2.22. The number of hydrogen-bond donors (Lipinski definition) is 1. The lowest BCUT2D eigenvalue weighted by Crippen LogP contribution is -2.33. The molecule has 0 fully saturated rings. The van der Waals surface area contributed by atoms with Crippen molar-refractivity contribution in [2.75, 3.05) is 11.4 Å². The number of hydrogen-bond acceptors (Lipinski definition) is 3. The van der Waals surface area contributed by atoms with Crippen LogP contribution in [0.15, 0.2) is 35.1 Å². The normalized spacial score (nSPS) is 14.4. The third kappa shape index (κ3) is 2.46. The Morgan fingerprint density at radius 1 is 1.25 bits per heavy atom. The standard InChI is InChI=1S/C16H19N3O/c1-11(2)14-9-15(20)18-16(17-14)19-8-7-12-5-3-4-6-13(12)10-19/h3-6,9,11H,7-8,10H2,1-2H3,(H,17,18,20). The molecule has 0 spiro atoms. The Labute approximate surface area is 118 Å². The zero-order chi connectivity index (χ0) is 14.1. The minimum absolute atomic E-state index is 0.0717. The number of aromatic amines is 1. The van der Waals surface area contributed by atoms with E-state index in [0.29, 0.717) is 5.95 Å². The molecule has 0 amide bonds. The van der Waals surface area contributed by atoms with Gasteiger partial charge in [-0.05, 0) is 23.5 Å². The highest BCUT2D eigenvalue weighted by molar-refractivity contribution is 5.40. The predicted molar refractivity (Wildman–Crippen MR) is 80.1 cm³/mol. The largest absolute Gasteiger partial charge is 0.338 e. The van der Waals surface area contributed by atoms with E-state index in [1.165, 1.54) is 11.1 Å². The molecule has 2 heterocycles. The molecule has 1 aliphatic rings. The molecule has 0 bridgehead atoms. The molecular weight excluding hydrogens is 250 g/mol. The third-order valence-corrected chi connectivity index (χ3v) is 3.77. The molecule has 20 heavy (non-hydrogen) atoms. The number of nitrogens with zero attached hydrogens (tertiary/aromatic N) is 2. The average Bonchev–Trinajstić information content (AvgIpc) is 2.46. The fourth-order valence-corrected chi connectivity index (χ4v) is 2.59. The van der Waals surface area contributed by atoms with Gasteiger partial charge in [-0.1, -0.05) is 38.1 Å².